The van der Waals surface area contributed by atoms with E-state index in [1.807, 2.05) is 12.4 Å². The van der Waals surface area contributed by atoms with Gasteiger partial charge in [0, 0.05) is 28.2 Å². The summed E-state index contributed by atoms with van der Waals surface area (Å²) < 4.78 is 2.72. The highest BCUT2D eigenvalue weighted by molar-refractivity contribution is 14.1. The van der Waals surface area contributed by atoms with Crippen molar-refractivity contribution in [2.24, 2.45) is 0 Å². The highest BCUT2D eigenvalue weighted by Crippen LogP contribution is 2.34. The Morgan fingerprint density at radius 3 is 2.82 bits per heavy atom. The van der Waals surface area contributed by atoms with Crippen molar-refractivity contribution in [3.8, 4) is 21.8 Å². The number of anilines is 1. The first-order valence-electron chi connectivity index (χ1n) is 12.1. The second-order valence-corrected chi connectivity index (χ2v) is 11.0. The van der Waals surface area contributed by atoms with E-state index in [0.717, 1.165) is 81.8 Å². The van der Waals surface area contributed by atoms with Crippen LogP contribution in [0.3, 0.4) is 0 Å². The minimum absolute atomic E-state index is 0.489. The number of rotatable bonds is 9. The Morgan fingerprint density at radius 1 is 1.21 bits per heavy atom. The quantitative estimate of drug-likeness (QED) is 0.258. The third-order valence-electron chi connectivity index (χ3n) is 6.49. The van der Waals surface area contributed by atoms with Gasteiger partial charge in [-0.2, -0.15) is 9.61 Å². The fourth-order valence-corrected chi connectivity index (χ4v) is 6.25. The molecule has 0 spiro atoms. The molecule has 0 bridgehead atoms. The highest BCUT2D eigenvalue weighted by atomic mass is 127. The van der Waals surface area contributed by atoms with Crippen LogP contribution in [-0.2, 0) is 19.3 Å². The molecular weight excluding hydrogens is 557 g/mol. The lowest BCUT2D eigenvalue weighted by Crippen LogP contribution is -2.29. The second kappa shape index (κ2) is 10.2. The Kier molecular flexibility index (Phi) is 7.12. The molecule has 0 unspecified atom stereocenters. The summed E-state index contributed by atoms with van der Waals surface area (Å²) in [5.41, 5.74) is 12.4. The van der Waals surface area contributed by atoms with Gasteiger partial charge in [-0.15, -0.1) is 11.3 Å². The summed E-state index contributed by atoms with van der Waals surface area (Å²) in [5.74, 6) is 0.642. The third kappa shape index (κ3) is 4.57. The van der Waals surface area contributed by atoms with Gasteiger partial charge in [-0.3, -0.25) is 4.98 Å². The van der Waals surface area contributed by atoms with Crippen molar-refractivity contribution in [2.45, 2.75) is 64.8 Å². The lowest BCUT2D eigenvalue weighted by molar-refractivity contribution is 0.466. The maximum absolute atomic E-state index is 6.48. The van der Waals surface area contributed by atoms with Gasteiger partial charge in [0.15, 0.2) is 5.65 Å². The molecule has 4 heterocycles. The topological polar surface area (TPSA) is 94.0 Å². The number of fused-ring (bicyclic) bond motifs is 2. The van der Waals surface area contributed by atoms with E-state index in [4.69, 9.17) is 20.7 Å². The van der Waals surface area contributed by atoms with Gasteiger partial charge in [0.2, 0.25) is 0 Å². The Hall–Kier alpha value is -2.11. The molecule has 4 aromatic rings. The molecule has 0 amide bonds. The Morgan fingerprint density at radius 2 is 2.09 bits per heavy atom. The summed E-state index contributed by atoms with van der Waals surface area (Å²) in [6.07, 6.45) is 11.4. The van der Waals surface area contributed by atoms with E-state index in [1.165, 1.54) is 17.0 Å². The number of nitrogens with two attached hydrogens (primary N) is 1. The SMILES string of the molecule is CCCN[C@H](CC)CCc1nc2c(-c3ccc(-c4nc5c(s4)CCC5)nc3)cnn2c(N)c1I. The zero-order valence-corrected chi connectivity index (χ0v) is 22.6. The van der Waals surface area contributed by atoms with Crippen LogP contribution >= 0.6 is 33.9 Å². The van der Waals surface area contributed by atoms with Crippen molar-refractivity contribution in [3.63, 3.8) is 0 Å². The number of hydrogen-bond acceptors (Lipinski definition) is 7. The molecule has 0 radical (unpaired) electrons. The van der Waals surface area contributed by atoms with Gasteiger partial charge in [0.25, 0.3) is 0 Å². The monoisotopic (exact) mass is 587 g/mol. The number of hydrogen-bond donors (Lipinski definition) is 2. The molecule has 1 aliphatic carbocycles. The smallest absolute Gasteiger partial charge is 0.165 e. The van der Waals surface area contributed by atoms with Gasteiger partial charge in [-0.25, -0.2) is 9.97 Å². The number of nitrogens with one attached hydrogen (secondary N) is 1. The van der Waals surface area contributed by atoms with Crippen molar-refractivity contribution in [2.75, 3.05) is 12.3 Å². The van der Waals surface area contributed by atoms with Gasteiger partial charge in [0.1, 0.15) is 10.8 Å². The average Bonchev–Trinajstić information content (AvgIpc) is 3.57. The predicted molar refractivity (Wildman–Crippen MR) is 147 cm³/mol. The van der Waals surface area contributed by atoms with Crippen molar-refractivity contribution < 1.29 is 0 Å². The van der Waals surface area contributed by atoms with Crippen LogP contribution in [0.15, 0.2) is 24.5 Å². The summed E-state index contributed by atoms with van der Waals surface area (Å²) in [7, 11) is 0. The molecule has 0 saturated heterocycles. The molecule has 178 valence electrons. The predicted octanol–water partition coefficient (Wildman–Crippen LogP) is 5.30. The minimum Gasteiger partial charge on any atom is -0.383 e. The van der Waals surface area contributed by atoms with Crippen LogP contribution in [0.1, 0.15) is 55.8 Å². The van der Waals surface area contributed by atoms with Gasteiger partial charge in [-0.05, 0) is 80.1 Å². The zero-order valence-electron chi connectivity index (χ0n) is 19.6. The summed E-state index contributed by atoms with van der Waals surface area (Å²) in [6, 6.07) is 4.63. The lowest BCUT2D eigenvalue weighted by Gasteiger charge is -2.17. The Balaban J connectivity index is 1.42. The number of pyridine rings is 1. The maximum Gasteiger partial charge on any atom is 0.165 e. The normalized spacial score (nSPS) is 14.1. The molecule has 1 aliphatic rings. The van der Waals surface area contributed by atoms with Crippen LogP contribution in [0.5, 0.6) is 0 Å². The van der Waals surface area contributed by atoms with E-state index in [9.17, 15) is 0 Å². The van der Waals surface area contributed by atoms with Gasteiger partial charge in [-0.1, -0.05) is 19.9 Å². The molecule has 34 heavy (non-hydrogen) atoms. The summed E-state index contributed by atoms with van der Waals surface area (Å²) in [4.78, 5) is 16.0. The molecule has 0 aliphatic heterocycles. The average molecular weight is 588 g/mol. The Bertz CT molecular complexity index is 1270. The molecule has 4 aromatic heterocycles. The van der Waals surface area contributed by atoms with E-state index in [0.29, 0.717) is 11.9 Å². The first-order chi connectivity index (χ1) is 16.6. The fourth-order valence-electron chi connectivity index (χ4n) is 4.50. The van der Waals surface area contributed by atoms with Crippen LogP contribution in [0.4, 0.5) is 5.82 Å². The molecule has 9 heteroatoms. The van der Waals surface area contributed by atoms with Crippen molar-refractivity contribution in [3.05, 3.63) is 44.4 Å². The molecule has 0 saturated carbocycles. The van der Waals surface area contributed by atoms with Crippen LogP contribution in [0, 0.1) is 3.57 Å². The molecule has 3 N–H and O–H groups in total. The first kappa shape index (κ1) is 23.6. The van der Waals surface area contributed by atoms with Crippen LogP contribution in [0.2, 0.25) is 0 Å². The van der Waals surface area contributed by atoms with Crippen LogP contribution < -0.4 is 11.1 Å². The largest absolute Gasteiger partial charge is 0.383 e. The molecular formula is C25H30IN7S. The van der Waals surface area contributed by atoms with E-state index < -0.39 is 0 Å². The highest BCUT2D eigenvalue weighted by Gasteiger charge is 2.20. The van der Waals surface area contributed by atoms with Crippen molar-refractivity contribution in [1.29, 1.82) is 0 Å². The van der Waals surface area contributed by atoms with Gasteiger partial charge in [0.05, 0.1) is 26.8 Å². The number of halogens is 1. The molecule has 0 fully saturated rings. The first-order valence-corrected chi connectivity index (χ1v) is 14.0. The van der Waals surface area contributed by atoms with Gasteiger partial charge < -0.3 is 11.1 Å². The number of nitrogen functional groups attached to an aromatic ring is 1. The van der Waals surface area contributed by atoms with Gasteiger partial charge >= 0.3 is 0 Å². The summed E-state index contributed by atoms with van der Waals surface area (Å²) in [5, 5.41) is 9.18. The Labute approximate surface area is 217 Å². The summed E-state index contributed by atoms with van der Waals surface area (Å²) in [6.45, 7) is 5.47. The molecule has 5 rings (SSSR count). The van der Waals surface area contributed by atoms with Crippen molar-refractivity contribution >= 4 is 45.4 Å². The van der Waals surface area contributed by atoms with E-state index in [1.54, 1.807) is 15.9 Å². The zero-order chi connectivity index (χ0) is 23.7. The van der Waals surface area contributed by atoms with Crippen molar-refractivity contribution in [1.82, 2.24) is 29.9 Å². The van der Waals surface area contributed by atoms with E-state index in [-0.39, 0.29) is 0 Å². The number of nitrogens with zero attached hydrogens (tertiary/aromatic N) is 5. The third-order valence-corrected chi connectivity index (χ3v) is 8.84. The molecule has 1 atom stereocenters. The summed E-state index contributed by atoms with van der Waals surface area (Å²) >= 11 is 4.08. The fraction of sp³-hybridized carbons (Fsp3) is 0.440. The molecule has 0 aromatic carbocycles. The van der Waals surface area contributed by atoms with Crippen LogP contribution in [-0.4, -0.2) is 37.2 Å². The molecule has 7 nitrogen and oxygen atoms in total. The minimum atomic E-state index is 0.489. The second-order valence-electron chi connectivity index (χ2n) is 8.82. The number of aromatic nitrogens is 5. The lowest BCUT2D eigenvalue weighted by atomic mass is 10.1. The van der Waals surface area contributed by atoms with E-state index >= 15 is 0 Å². The standard InChI is InChI=1S/C25H30IN7S/c1-3-12-28-16(4-2)9-11-19-22(26)23(27)33-24(31-19)17(14-30-33)15-8-10-20(29-13-15)25-32-18-6-5-7-21(18)34-25/h8,10,13-14,16,28H,3-7,9,11-12,27H2,1-2H3/t16-/m1/s1. The number of thiazole rings is 1. The number of aryl methyl sites for hydroxylation is 3. The van der Waals surface area contributed by atoms with E-state index in [2.05, 4.69) is 59.0 Å². The van der Waals surface area contributed by atoms with Crippen LogP contribution in [0.25, 0.3) is 27.5 Å². The maximum atomic E-state index is 6.48.